The molecule has 2 atom stereocenters. The smallest absolute Gasteiger partial charge is 0.0445 e. The first-order valence-electron chi connectivity index (χ1n) is 5.64. The Hall–Kier alpha value is -0.0800. The molecule has 1 fully saturated rings. The van der Waals surface area contributed by atoms with Crippen LogP contribution in [-0.2, 0) is 0 Å². The van der Waals surface area contributed by atoms with Crippen LogP contribution in [0.1, 0.15) is 46.0 Å². The SMILES string of the molecule is CCCC(C)NC(CCO)C1CC1. The molecule has 0 aromatic carbocycles. The summed E-state index contributed by atoms with van der Waals surface area (Å²) in [5.41, 5.74) is 0. The van der Waals surface area contributed by atoms with Crippen LogP contribution in [0.15, 0.2) is 0 Å². The highest BCUT2D eigenvalue weighted by Crippen LogP contribution is 2.34. The Kier molecular flexibility index (Phi) is 4.74. The molecule has 0 amide bonds. The molecule has 0 aromatic heterocycles. The standard InChI is InChI=1S/C11H23NO/c1-3-4-9(2)12-11(7-8-13)10-5-6-10/h9-13H,3-8H2,1-2H3. The van der Waals surface area contributed by atoms with Crippen molar-refractivity contribution in [2.75, 3.05) is 6.61 Å². The summed E-state index contributed by atoms with van der Waals surface area (Å²) in [5.74, 6) is 0.853. The third kappa shape index (κ3) is 4.10. The van der Waals surface area contributed by atoms with Crippen molar-refractivity contribution < 1.29 is 5.11 Å². The minimum Gasteiger partial charge on any atom is -0.396 e. The molecule has 0 bridgehead atoms. The first kappa shape index (κ1) is 11.0. The topological polar surface area (TPSA) is 32.3 Å². The fourth-order valence-corrected chi connectivity index (χ4v) is 1.97. The van der Waals surface area contributed by atoms with Crippen LogP contribution in [0.25, 0.3) is 0 Å². The Morgan fingerprint density at radius 1 is 1.38 bits per heavy atom. The van der Waals surface area contributed by atoms with Crippen LogP contribution < -0.4 is 5.32 Å². The van der Waals surface area contributed by atoms with Gasteiger partial charge in [-0.2, -0.15) is 0 Å². The van der Waals surface area contributed by atoms with Crippen LogP contribution in [0.2, 0.25) is 0 Å². The second kappa shape index (κ2) is 5.61. The average Bonchev–Trinajstić information content (AvgIpc) is 2.86. The molecular formula is C11H23NO. The molecule has 0 radical (unpaired) electrons. The van der Waals surface area contributed by atoms with Crippen LogP contribution in [0.5, 0.6) is 0 Å². The number of rotatable bonds is 7. The first-order valence-corrected chi connectivity index (χ1v) is 5.64. The van der Waals surface area contributed by atoms with Gasteiger partial charge in [0.25, 0.3) is 0 Å². The van der Waals surface area contributed by atoms with E-state index in [9.17, 15) is 0 Å². The summed E-state index contributed by atoms with van der Waals surface area (Å²) in [7, 11) is 0. The van der Waals surface area contributed by atoms with Gasteiger partial charge in [0.15, 0.2) is 0 Å². The number of hydrogen-bond donors (Lipinski definition) is 2. The molecule has 0 aliphatic heterocycles. The van der Waals surface area contributed by atoms with E-state index in [4.69, 9.17) is 5.11 Å². The number of nitrogens with one attached hydrogen (secondary N) is 1. The van der Waals surface area contributed by atoms with Crippen molar-refractivity contribution in [1.29, 1.82) is 0 Å². The quantitative estimate of drug-likeness (QED) is 0.635. The van der Waals surface area contributed by atoms with E-state index in [-0.39, 0.29) is 0 Å². The average molecular weight is 185 g/mol. The number of aliphatic hydroxyl groups is 1. The third-order valence-electron chi connectivity index (χ3n) is 2.85. The molecular weight excluding hydrogens is 162 g/mol. The second-order valence-corrected chi connectivity index (χ2v) is 4.31. The van der Waals surface area contributed by atoms with Crippen LogP contribution in [0.3, 0.4) is 0 Å². The minimum atomic E-state index is 0.326. The Balaban J connectivity index is 2.20. The Labute approximate surface area is 81.7 Å². The summed E-state index contributed by atoms with van der Waals surface area (Å²) in [5, 5.41) is 12.5. The maximum atomic E-state index is 8.92. The van der Waals surface area contributed by atoms with E-state index in [1.165, 1.54) is 25.7 Å². The molecule has 2 N–H and O–H groups in total. The van der Waals surface area contributed by atoms with Gasteiger partial charge >= 0.3 is 0 Å². The molecule has 0 heterocycles. The first-order chi connectivity index (χ1) is 6.27. The van der Waals surface area contributed by atoms with Crippen molar-refractivity contribution >= 4 is 0 Å². The molecule has 1 aliphatic rings. The lowest BCUT2D eigenvalue weighted by molar-refractivity contribution is 0.248. The summed E-state index contributed by atoms with van der Waals surface area (Å²) >= 11 is 0. The van der Waals surface area contributed by atoms with Crippen LogP contribution in [-0.4, -0.2) is 23.8 Å². The van der Waals surface area contributed by atoms with E-state index in [2.05, 4.69) is 19.2 Å². The molecule has 0 spiro atoms. The molecule has 0 saturated heterocycles. The van der Waals surface area contributed by atoms with E-state index in [1.54, 1.807) is 0 Å². The minimum absolute atomic E-state index is 0.326. The van der Waals surface area contributed by atoms with Crippen molar-refractivity contribution in [3.63, 3.8) is 0 Å². The van der Waals surface area contributed by atoms with Gasteiger partial charge in [0.1, 0.15) is 0 Å². The number of hydrogen-bond acceptors (Lipinski definition) is 2. The fraction of sp³-hybridized carbons (Fsp3) is 1.00. The van der Waals surface area contributed by atoms with Crippen LogP contribution in [0, 0.1) is 5.92 Å². The summed E-state index contributed by atoms with van der Waals surface area (Å²) in [4.78, 5) is 0. The van der Waals surface area contributed by atoms with Gasteiger partial charge in [0.2, 0.25) is 0 Å². The highest BCUT2D eigenvalue weighted by Gasteiger charge is 2.30. The summed E-state index contributed by atoms with van der Waals surface area (Å²) in [6.45, 7) is 4.79. The van der Waals surface area contributed by atoms with Crippen molar-refractivity contribution in [3.8, 4) is 0 Å². The molecule has 2 unspecified atom stereocenters. The van der Waals surface area contributed by atoms with E-state index in [0.29, 0.717) is 18.7 Å². The van der Waals surface area contributed by atoms with Gasteiger partial charge < -0.3 is 10.4 Å². The lowest BCUT2D eigenvalue weighted by Gasteiger charge is -2.22. The molecule has 0 aromatic rings. The molecule has 1 rings (SSSR count). The van der Waals surface area contributed by atoms with Gasteiger partial charge in [0.05, 0.1) is 0 Å². The van der Waals surface area contributed by atoms with Gasteiger partial charge in [-0.1, -0.05) is 13.3 Å². The lowest BCUT2D eigenvalue weighted by Crippen LogP contribution is -2.38. The van der Waals surface area contributed by atoms with Crippen molar-refractivity contribution in [3.05, 3.63) is 0 Å². The lowest BCUT2D eigenvalue weighted by atomic mass is 10.1. The fourth-order valence-electron chi connectivity index (χ4n) is 1.97. The van der Waals surface area contributed by atoms with Crippen LogP contribution in [0.4, 0.5) is 0 Å². The molecule has 2 heteroatoms. The maximum Gasteiger partial charge on any atom is 0.0445 e. The van der Waals surface area contributed by atoms with Gasteiger partial charge in [-0.3, -0.25) is 0 Å². The summed E-state index contributed by atoms with van der Waals surface area (Å²) in [6.07, 6.45) is 6.13. The molecule has 1 saturated carbocycles. The summed E-state index contributed by atoms with van der Waals surface area (Å²) in [6, 6.07) is 1.19. The largest absolute Gasteiger partial charge is 0.396 e. The van der Waals surface area contributed by atoms with Crippen molar-refractivity contribution in [1.82, 2.24) is 5.32 Å². The molecule has 1 aliphatic carbocycles. The van der Waals surface area contributed by atoms with Gasteiger partial charge in [-0.15, -0.1) is 0 Å². The third-order valence-corrected chi connectivity index (χ3v) is 2.85. The zero-order chi connectivity index (χ0) is 9.68. The van der Waals surface area contributed by atoms with E-state index >= 15 is 0 Å². The number of aliphatic hydroxyl groups excluding tert-OH is 1. The molecule has 2 nitrogen and oxygen atoms in total. The van der Waals surface area contributed by atoms with Crippen LogP contribution >= 0.6 is 0 Å². The Bertz CT molecular complexity index is 134. The Morgan fingerprint density at radius 2 is 2.08 bits per heavy atom. The van der Waals surface area contributed by atoms with E-state index in [0.717, 1.165) is 12.3 Å². The van der Waals surface area contributed by atoms with Crippen molar-refractivity contribution in [2.24, 2.45) is 5.92 Å². The zero-order valence-corrected chi connectivity index (χ0v) is 8.92. The van der Waals surface area contributed by atoms with Gasteiger partial charge in [-0.25, -0.2) is 0 Å². The molecule has 78 valence electrons. The predicted molar refractivity (Wildman–Crippen MR) is 55.7 cm³/mol. The highest BCUT2D eigenvalue weighted by molar-refractivity contribution is 4.87. The van der Waals surface area contributed by atoms with Gasteiger partial charge in [-0.05, 0) is 38.5 Å². The van der Waals surface area contributed by atoms with E-state index < -0.39 is 0 Å². The second-order valence-electron chi connectivity index (χ2n) is 4.31. The maximum absolute atomic E-state index is 8.92. The highest BCUT2D eigenvalue weighted by atomic mass is 16.3. The zero-order valence-electron chi connectivity index (χ0n) is 8.92. The predicted octanol–water partition coefficient (Wildman–Crippen LogP) is 1.93. The van der Waals surface area contributed by atoms with Crippen molar-refractivity contribution in [2.45, 2.75) is 58.0 Å². The van der Waals surface area contributed by atoms with E-state index in [1.807, 2.05) is 0 Å². The molecule has 13 heavy (non-hydrogen) atoms. The normalized spacial score (nSPS) is 21.5. The van der Waals surface area contributed by atoms with Gasteiger partial charge in [0, 0.05) is 18.7 Å². The monoisotopic (exact) mass is 185 g/mol. The Morgan fingerprint density at radius 3 is 2.54 bits per heavy atom. The summed E-state index contributed by atoms with van der Waals surface area (Å²) < 4.78 is 0.